The van der Waals surface area contributed by atoms with Crippen LogP contribution in [0.3, 0.4) is 0 Å². The van der Waals surface area contributed by atoms with Crippen molar-refractivity contribution in [2.24, 2.45) is 0 Å². The molecule has 0 atom stereocenters. The summed E-state index contributed by atoms with van der Waals surface area (Å²) in [7, 11) is 0. The van der Waals surface area contributed by atoms with E-state index in [0.717, 1.165) is 16.7 Å². The minimum absolute atomic E-state index is 0.305. The molecular formula is C17H15FO2. The maximum atomic E-state index is 12.7. The average molecular weight is 270 g/mol. The Morgan fingerprint density at radius 1 is 1.05 bits per heavy atom. The highest BCUT2D eigenvalue weighted by molar-refractivity contribution is 5.89. The molecule has 0 bridgehead atoms. The van der Waals surface area contributed by atoms with Crippen LogP contribution in [-0.2, 0) is 4.79 Å². The second kappa shape index (κ2) is 6.15. The van der Waals surface area contributed by atoms with Crippen LogP contribution in [0.15, 0.2) is 48.5 Å². The molecule has 0 aliphatic carbocycles. The number of esters is 1. The number of carbonyl (C=O) groups excluding carboxylic acids is 1. The quantitative estimate of drug-likeness (QED) is 0.477. The third-order valence-electron chi connectivity index (χ3n) is 2.89. The van der Waals surface area contributed by atoms with Crippen molar-refractivity contribution in [3.05, 3.63) is 71.0 Å². The molecular weight excluding hydrogens is 255 g/mol. The molecule has 0 unspecified atom stereocenters. The molecule has 0 aromatic heterocycles. The zero-order valence-electron chi connectivity index (χ0n) is 11.4. The predicted octanol–water partition coefficient (Wildman–Crippen LogP) is 4.06. The normalized spacial score (nSPS) is 10.8. The summed E-state index contributed by atoms with van der Waals surface area (Å²) in [6, 6.07) is 11.6. The number of benzene rings is 2. The SMILES string of the molecule is Cc1cccc(C)c1OC(=O)C=Cc1ccc(F)cc1. The molecule has 2 nitrogen and oxygen atoms in total. The van der Waals surface area contributed by atoms with Crippen LogP contribution in [-0.4, -0.2) is 5.97 Å². The summed E-state index contributed by atoms with van der Waals surface area (Å²) in [5, 5.41) is 0. The first-order chi connectivity index (χ1) is 9.56. The molecule has 2 aromatic carbocycles. The van der Waals surface area contributed by atoms with Gasteiger partial charge in [-0.25, -0.2) is 9.18 Å². The Kier molecular flexibility index (Phi) is 4.31. The fraction of sp³-hybridized carbons (Fsp3) is 0.118. The van der Waals surface area contributed by atoms with Gasteiger partial charge >= 0.3 is 5.97 Å². The van der Waals surface area contributed by atoms with Crippen LogP contribution in [0.4, 0.5) is 4.39 Å². The van der Waals surface area contributed by atoms with Crippen molar-refractivity contribution in [3.63, 3.8) is 0 Å². The Morgan fingerprint density at radius 3 is 2.25 bits per heavy atom. The molecule has 102 valence electrons. The molecule has 2 rings (SSSR count). The van der Waals surface area contributed by atoms with E-state index < -0.39 is 5.97 Å². The fourth-order valence-corrected chi connectivity index (χ4v) is 1.83. The summed E-state index contributed by atoms with van der Waals surface area (Å²) in [6.45, 7) is 3.78. The Morgan fingerprint density at radius 2 is 1.65 bits per heavy atom. The molecule has 0 radical (unpaired) electrons. The van der Waals surface area contributed by atoms with E-state index >= 15 is 0 Å². The Labute approximate surface area is 117 Å². The molecule has 0 fully saturated rings. The first kappa shape index (κ1) is 14.0. The molecule has 0 aliphatic heterocycles. The number of aryl methyl sites for hydroxylation is 2. The van der Waals surface area contributed by atoms with E-state index in [4.69, 9.17) is 4.74 Å². The van der Waals surface area contributed by atoms with Crippen molar-refractivity contribution in [1.82, 2.24) is 0 Å². The van der Waals surface area contributed by atoms with Crippen LogP contribution in [0.5, 0.6) is 5.75 Å². The van der Waals surface area contributed by atoms with Crippen molar-refractivity contribution in [3.8, 4) is 5.75 Å². The predicted molar refractivity (Wildman–Crippen MR) is 77.0 cm³/mol. The molecule has 2 aromatic rings. The van der Waals surface area contributed by atoms with Crippen LogP contribution in [0.1, 0.15) is 16.7 Å². The Hall–Kier alpha value is -2.42. The minimum Gasteiger partial charge on any atom is -0.423 e. The highest BCUT2D eigenvalue weighted by atomic mass is 19.1. The van der Waals surface area contributed by atoms with Gasteiger partial charge in [-0.2, -0.15) is 0 Å². The second-order valence-corrected chi connectivity index (χ2v) is 4.53. The van der Waals surface area contributed by atoms with Crippen LogP contribution < -0.4 is 4.74 Å². The van der Waals surface area contributed by atoms with E-state index in [-0.39, 0.29) is 5.82 Å². The lowest BCUT2D eigenvalue weighted by molar-refractivity contribution is -0.129. The maximum absolute atomic E-state index is 12.7. The lowest BCUT2D eigenvalue weighted by atomic mass is 10.1. The highest BCUT2D eigenvalue weighted by Crippen LogP contribution is 2.22. The van der Waals surface area contributed by atoms with Crippen LogP contribution in [0.25, 0.3) is 6.08 Å². The lowest BCUT2D eigenvalue weighted by Gasteiger charge is -2.08. The summed E-state index contributed by atoms with van der Waals surface area (Å²) in [6.07, 6.45) is 2.93. The molecule has 3 heteroatoms. The summed E-state index contributed by atoms with van der Waals surface area (Å²) >= 11 is 0. The smallest absolute Gasteiger partial charge is 0.336 e. The largest absolute Gasteiger partial charge is 0.423 e. The maximum Gasteiger partial charge on any atom is 0.336 e. The number of para-hydroxylation sites is 1. The number of ether oxygens (including phenoxy) is 1. The van der Waals surface area contributed by atoms with Gasteiger partial charge in [0.15, 0.2) is 0 Å². The average Bonchev–Trinajstić information content (AvgIpc) is 2.42. The molecule has 0 aliphatic rings. The number of hydrogen-bond donors (Lipinski definition) is 0. The Bertz CT molecular complexity index is 622. The van der Waals surface area contributed by atoms with Gasteiger partial charge in [-0.05, 0) is 48.7 Å². The topological polar surface area (TPSA) is 26.3 Å². The molecule has 0 saturated carbocycles. The molecule has 20 heavy (non-hydrogen) atoms. The van der Waals surface area contributed by atoms with E-state index in [2.05, 4.69) is 0 Å². The molecule has 0 saturated heterocycles. The number of carbonyl (C=O) groups is 1. The molecule has 0 heterocycles. The molecule has 0 N–H and O–H groups in total. The first-order valence-corrected chi connectivity index (χ1v) is 6.28. The number of hydrogen-bond acceptors (Lipinski definition) is 2. The first-order valence-electron chi connectivity index (χ1n) is 6.28. The van der Waals surface area contributed by atoms with E-state index in [1.807, 2.05) is 32.0 Å². The minimum atomic E-state index is -0.452. The van der Waals surface area contributed by atoms with Gasteiger partial charge in [-0.3, -0.25) is 0 Å². The van der Waals surface area contributed by atoms with Gasteiger partial charge in [-0.15, -0.1) is 0 Å². The number of halogens is 1. The van der Waals surface area contributed by atoms with Crippen molar-refractivity contribution < 1.29 is 13.9 Å². The van der Waals surface area contributed by atoms with E-state index in [1.54, 1.807) is 18.2 Å². The van der Waals surface area contributed by atoms with E-state index in [0.29, 0.717) is 5.75 Å². The van der Waals surface area contributed by atoms with E-state index in [9.17, 15) is 9.18 Å². The van der Waals surface area contributed by atoms with E-state index in [1.165, 1.54) is 18.2 Å². The van der Waals surface area contributed by atoms with Crippen LogP contribution in [0, 0.1) is 19.7 Å². The van der Waals surface area contributed by atoms with Crippen LogP contribution in [0.2, 0.25) is 0 Å². The summed E-state index contributed by atoms with van der Waals surface area (Å²) < 4.78 is 18.1. The summed E-state index contributed by atoms with van der Waals surface area (Å²) in [4.78, 5) is 11.8. The summed E-state index contributed by atoms with van der Waals surface area (Å²) in [5.41, 5.74) is 2.56. The van der Waals surface area contributed by atoms with Crippen molar-refractivity contribution in [1.29, 1.82) is 0 Å². The van der Waals surface area contributed by atoms with Gasteiger partial charge in [0.1, 0.15) is 11.6 Å². The fourth-order valence-electron chi connectivity index (χ4n) is 1.83. The van der Waals surface area contributed by atoms with Crippen molar-refractivity contribution in [2.45, 2.75) is 13.8 Å². The van der Waals surface area contributed by atoms with Crippen molar-refractivity contribution >= 4 is 12.0 Å². The van der Waals surface area contributed by atoms with Crippen LogP contribution >= 0.6 is 0 Å². The zero-order chi connectivity index (χ0) is 14.5. The van der Waals surface area contributed by atoms with Gasteiger partial charge < -0.3 is 4.74 Å². The molecule has 0 spiro atoms. The van der Waals surface area contributed by atoms with Gasteiger partial charge in [0.25, 0.3) is 0 Å². The lowest BCUT2D eigenvalue weighted by Crippen LogP contribution is -2.06. The van der Waals surface area contributed by atoms with Gasteiger partial charge in [0.05, 0.1) is 0 Å². The van der Waals surface area contributed by atoms with Crippen molar-refractivity contribution in [2.75, 3.05) is 0 Å². The zero-order valence-corrected chi connectivity index (χ0v) is 11.4. The van der Waals surface area contributed by atoms with Gasteiger partial charge in [0.2, 0.25) is 0 Å². The Balaban J connectivity index is 2.07. The summed E-state index contributed by atoms with van der Waals surface area (Å²) in [5.74, 6) is -0.173. The standard InChI is InChI=1S/C17H15FO2/c1-12-4-3-5-13(2)17(12)20-16(19)11-8-14-6-9-15(18)10-7-14/h3-11H,1-2H3. The monoisotopic (exact) mass is 270 g/mol. The molecule has 0 amide bonds. The second-order valence-electron chi connectivity index (χ2n) is 4.53. The third-order valence-corrected chi connectivity index (χ3v) is 2.89. The number of rotatable bonds is 3. The third kappa shape index (κ3) is 3.54. The highest BCUT2D eigenvalue weighted by Gasteiger charge is 2.06. The van der Waals surface area contributed by atoms with Gasteiger partial charge in [0, 0.05) is 6.08 Å². The van der Waals surface area contributed by atoms with Gasteiger partial charge in [-0.1, -0.05) is 30.3 Å².